The molecule has 4 heteroatoms. The lowest BCUT2D eigenvalue weighted by Crippen LogP contribution is -2.44. The molecular formula is C11H18FNO2. The molecule has 15 heavy (non-hydrogen) atoms. The molecule has 3 nitrogen and oxygen atoms in total. The second kappa shape index (κ2) is 4.21. The molecule has 0 aliphatic carbocycles. The van der Waals surface area contributed by atoms with E-state index in [0.717, 1.165) is 0 Å². The minimum Gasteiger partial charge on any atom is -0.444 e. The maximum Gasteiger partial charge on any atom is 0.410 e. The molecule has 1 amide bonds. The summed E-state index contributed by atoms with van der Waals surface area (Å²) in [5.74, 6) is 0. The normalized spacial score (nSPS) is 22.8. The highest BCUT2D eigenvalue weighted by atomic mass is 19.1. The zero-order valence-corrected chi connectivity index (χ0v) is 9.55. The number of ether oxygens (including phenoxy) is 1. The van der Waals surface area contributed by atoms with Crippen molar-refractivity contribution in [3.8, 4) is 0 Å². The van der Waals surface area contributed by atoms with E-state index in [-0.39, 0.29) is 6.54 Å². The third-order valence-corrected chi connectivity index (χ3v) is 2.18. The first-order chi connectivity index (χ1) is 6.79. The van der Waals surface area contributed by atoms with E-state index in [0.29, 0.717) is 18.5 Å². The lowest BCUT2D eigenvalue weighted by atomic mass is 10.0. The molecule has 0 radical (unpaired) electrons. The third kappa shape index (κ3) is 3.53. The lowest BCUT2D eigenvalue weighted by Gasteiger charge is -2.32. The summed E-state index contributed by atoms with van der Waals surface area (Å²) in [5, 5.41) is 0. The SMILES string of the molecule is C=C1CCN(C(=O)OC(C)(C)C)CC1F. The molecule has 1 saturated heterocycles. The second-order valence-corrected chi connectivity index (χ2v) is 4.80. The molecule has 1 rings (SSSR count). The minimum atomic E-state index is -1.12. The number of carbonyl (C=O) groups excluding carboxylic acids is 1. The molecule has 1 unspecified atom stereocenters. The van der Waals surface area contributed by atoms with Gasteiger partial charge in [0.2, 0.25) is 0 Å². The largest absolute Gasteiger partial charge is 0.444 e. The van der Waals surface area contributed by atoms with Crippen molar-refractivity contribution in [1.29, 1.82) is 0 Å². The van der Waals surface area contributed by atoms with Crippen molar-refractivity contribution in [2.24, 2.45) is 0 Å². The van der Waals surface area contributed by atoms with Gasteiger partial charge in [-0.1, -0.05) is 6.58 Å². The van der Waals surface area contributed by atoms with Crippen molar-refractivity contribution in [1.82, 2.24) is 4.90 Å². The van der Waals surface area contributed by atoms with Crippen LogP contribution in [0.2, 0.25) is 0 Å². The van der Waals surface area contributed by atoms with Gasteiger partial charge in [0.05, 0.1) is 6.54 Å². The quantitative estimate of drug-likeness (QED) is 0.581. The molecule has 86 valence electrons. The molecule has 0 spiro atoms. The van der Waals surface area contributed by atoms with Crippen LogP contribution in [0.4, 0.5) is 9.18 Å². The molecule has 0 aromatic rings. The number of halogens is 1. The number of likely N-dealkylation sites (tertiary alicyclic amines) is 1. The summed E-state index contributed by atoms with van der Waals surface area (Å²) in [5.41, 5.74) is 0.0342. The van der Waals surface area contributed by atoms with Crippen LogP contribution in [0.25, 0.3) is 0 Å². The third-order valence-electron chi connectivity index (χ3n) is 2.18. The second-order valence-electron chi connectivity index (χ2n) is 4.80. The Bertz CT molecular complexity index is 270. The summed E-state index contributed by atoms with van der Waals surface area (Å²) in [7, 11) is 0. The number of hydrogen-bond acceptors (Lipinski definition) is 2. The molecular weight excluding hydrogens is 197 g/mol. The maximum absolute atomic E-state index is 13.3. The Morgan fingerprint density at radius 1 is 1.60 bits per heavy atom. The Hall–Kier alpha value is -1.06. The number of alkyl halides is 1. The fourth-order valence-corrected chi connectivity index (χ4v) is 1.34. The van der Waals surface area contributed by atoms with Gasteiger partial charge in [0.1, 0.15) is 11.8 Å². The van der Waals surface area contributed by atoms with Crippen molar-refractivity contribution in [2.75, 3.05) is 13.1 Å². The van der Waals surface area contributed by atoms with Gasteiger partial charge in [-0.3, -0.25) is 0 Å². The predicted octanol–water partition coefficient (Wildman–Crippen LogP) is 2.52. The van der Waals surface area contributed by atoms with Crippen molar-refractivity contribution < 1.29 is 13.9 Å². The van der Waals surface area contributed by atoms with Gasteiger partial charge in [0.25, 0.3) is 0 Å². The summed E-state index contributed by atoms with van der Waals surface area (Å²) < 4.78 is 18.4. The van der Waals surface area contributed by atoms with Crippen LogP contribution in [0.3, 0.4) is 0 Å². The smallest absolute Gasteiger partial charge is 0.410 e. The van der Waals surface area contributed by atoms with E-state index in [1.54, 1.807) is 20.8 Å². The van der Waals surface area contributed by atoms with Gasteiger partial charge in [0, 0.05) is 6.54 Å². The van der Waals surface area contributed by atoms with Crippen LogP contribution in [0.1, 0.15) is 27.2 Å². The number of hydrogen-bond donors (Lipinski definition) is 0. The van der Waals surface area contributed by atoms with Crippen LogP contribution in [0.15, 0.2) is 12.2 Å². The molecule has 0 bridgehead atoms. The van der Waals surface area contributed by atoms with Crippen molar-refractivity contribution in [2.45, 2.75) is 39.0 Å². The summed E-state index contributed by atoms with van der Waals surface area (Å²) in [6.45, 7) is 9.54. The highest BCUT2D eigenvalue weighted by Crippen LogP contribution is 2.20. The molecule has 1 aliphatic heterocycles. The number of amides is 1. The highest BCUT2D eigenvalue weighted by molar-refractivity contribution is 5.68. The summed E-state index contributed by atoms with van der Waals surface area (Å²) in [4.78, 5) is 13.0. The van der Waals surface area contributed by atoms with Gasteiger partial charge in [-0.05, 0) is 32.8 Å². The molecule has 0 aromatic heterocycles. The monoisotopic (exact) mass is 215 g/mol. The average molecular weight is 215 g/mol. The van der Waals surface area contributed by atoms with Crippen LogP contribution in [0.5, 0.6) is 0 Å². The van der Waals surface area contributed by atoms with E-state index in [2.05, 4.69) is 6.58 Å². The Morgan fingerprint density at radius 3 is 2.67 bits per heavy atom. The summed E-state index contributed by atoms with van der Waals surface area (Å²) in [6.07, 6.45) is -1.05. The van der Waals surface area contributed by atoms with E-state index >= 15 is 0 Å². The van der Waals surface area contributed by atoms with E-state index in [9.17, 15) is 9.18 Å². The molecule has 1 heterocycles. The molecule has 1 aliphatic rings. The standard InChI is InChI=1S/C11H18FNO2/c1-8-5-6-13(7-9(8)12)10(14)15-11(2,3)4/h9H,1,5-7H2,2-4H3. The molecule has 1 atom stereocenters. The Morgan fingerprint density at radius 2 is 2.20 bits per heavy atom. The Balaban J connectivity index is 2.51. The summed E-state index contributed by atoms with van der Waals surface area (Å²) in [6, 6.07) is 0. The van der Waals surface area contributed by atoms with Gasteiger partial charge < -0.3 is 9.64 Å². The Kier molecular flexibility index (Phi) is 3.37. The summed E-state index contributed by atoms with van der Waals surface area (Å²) >= 11 is 0. The first-order valence-corrected chi connectivity index (χ1v) is 5.09. The van der Waals surface area contributed by atoms with Crippen LogP contribution < -0.4 is 0 Å². The molecule has 0 N–H and O–H groups in total. The topological polar surface area (TPSA) is 29.5 Å². The fraction of sp³-hybridized carbons (Fsp3) is 0.727. The maximum atomic E-state index is 13.3. The fourth-order valence-electron chi connectivity index (χ4n) is 1.34. The minimum absolute atomic E-state index is 0.0632. The first-order valence-electron chi connectivity index (χ1n) is 5.09. The van der Waals surface area contributed by atoms with Gasteiger partial charge >= 0.3 is 6.09 Å². The zero-order valence-electron chi connectivity index (χ0n) is 9.55. The van der Waals surface area contributed by atoms with E-state index in [1.165, 1.54) is 4.90 Å². The van der Waals surface area contributed by atoms with Crippen molar-refractivity contribution >= 4 is 6.09 Å². The van der Waals surface area contributed by atoms with Crippen molar-refractivity contribution in [3.63, 3.8) is 0 Å². The predicted molar refractivity (Wildman–Crippen MR) is 56.5 cm³/mol. The zero-order chi connectivity index (χ0) is 11.6. The van der Waals surface area contributed by atoms with Gasteiger partial charge in [0.15, 0.2) is 0 Å². The number of rotatable bonds is 0. The van der Waals surface area contributed by atoms with Crippen molar-refractivity contribution in [3.05, 3.63) is 12.2 Å². The lowest BCUT2D eigenvalue weighted by molar-refractivity contribution is 0.0185. The van der Waals surface area contributed by atoms with Crippen LogP contribution >= 0.6 is 0 Å². The molecule has 0 aromatic carbocycles. The van der Waals surface area contributed by atoms with Crippen LogP contribution in [0, 0.1) is 0 Å². The number of piperidine rings is 1. The molecule has 1 fully saturated rings. The number of nitrogens with zero attached hydrogens (tertiary/aromatic N) is 1. The average Bonchev–Trinajstić information content (AvgIpc) is 2.06. The van der Waals surface area contributed by atoms with E-state index in [4.69, 9.17) is 4.74 Å². The number of carbonyl (C=O) groups is 1. The van der Waals surface area contributed by atoms with Gasteiger partial charge in [-0.2, -0.15) is 0 Å². The molecule has 0 saturated carbocycles. The van der Waals surface area contributed by atoms with E-state index < -0.39 is 17.9 Å². The van der Waals surface area contributed by atoms with Gasteiger partial charge in [-0.15, -0.1) is 0 Å². The first kappa shape index (κ1) is 12.0. The van der Waals surface area contributed by atoms with Crippen LogP contribution in [-0.2, 0) is 4.74 Å². The van der Waals surface area contributed by atoms with Gasteiger partial charge in [-0.25, -0.2) is 9.18 Å². The van der Waals surface area contributed by atoms with Crippen LogP contribution in [-0.4, -0.2) is 35.9 Å². The highest BCUT2D eigenvalue weighted by Gasteiger charge is 2.28. The Labute approximate surface area is 89.9 Å². The van der Waals surface area contributed by atoms with E-state index in [1.807, 2.05) is 0 Å².